The van der Waals surface area contributed by atoms with Crippen molar-refractivity contribution in [1.82, 2.24) is 9.80 Å². The highest BCUT2D eigenvalue weighted by Crippen LogP contribution is 2.25. The number of nitrogens with zero attached hydrogens (tertiary/aromatic N) is 2. The summed E-state index contributed by atoms with van der Waals surface area (Å²) >= 11 is 12.4. The zero-order valence-electron chi connectivity index (χ0n) is 15.2. The number of hydrogen-bond donors (Lipinski definition) is 1. The van der Waals surface area contributed by atoms with Gasteiger partial charge in [-0.1, -0.05) is 41.4 Å². The van der Waals surface area contributed by atoms with Crippen LogP contribution in [0, 0.1) is 0 Å². The van der Waals surface area contributed by atoms with E-state index in [1.165, 1.54) is 24.9 Å². The second-order valence-electron chi connectivity index (χ2n) is 7.18. The Hall–Kier alpha value is -1.26. The van der Waals surface area contributed by atoms with Crippen molar-refractivity contribution < 1.29 is 5.11 Å². The third kappa shape index (κ3) is 5.37. The molecule has 5 heteroatoms. The van der Waals surface area contributed by atoms with Crippen molar-refractivity contribution in [3.63, 3.8) is 0 Å². The van der Waals surface area contributed by atoms with E-state index in [1.807, 2.05) is 18.2 Å². The average molecular weight is 393 g/mol. The minimum Gasteiger partial charge on any atom is -0.508 e. The standard InChI is InChI=1S/C21H26Cl2N2O/c1-24-11-2-3-19(24)10-12-25(14-16-4-7-18(22)8-5-16)15-17-6-9-20(26)13-21(17)23/h4-9,13,19,26H,2-3,10-12,14-15H2,1H3/t19-/m0/s1. The highest BCUT2D eigenvalue weighted by Gasteiger charge is 2.21. The molecule has 0 radical (unpaired) electrons. The van der Waals surface area contributed by atoms with Crippen molar-refractivity contribution in [3.8, 4) is 5.75 Å². The molecule has 1 atom stereocenters. The molecule has 1 saturated heterocycles. The molecule has 3 rings (SSSR count). The van der Waals surface area contributed by atoms with Crippen LogP contribution < -0.4 is 0 Å². The van der Waals surface area contributed by atoms with Gasteiger partial charge in [0.2, 0.25) is 0 Å². The summed E-state index contributed by atoms with van der Waals surface area (Å²) in [6, 6.07) is 13.9. The summed E-state index contributed by atoms with van der Waals surface area (Å²) in [5, 5.41) is 11.0. The third-order valence-electron chi connectivity index (χ3n) is 5.20. The van der Waals surface area contributed by atoms with Crippen molar-refractivity contribution in [2.24, 2.45) is 0 Å². The normalized spacial score (nSPS) is 17.9. The van der Waals surface area contributed by atoms with E-state index >= 15 is 0 Å². The fraction of sp³-hybridized carbons (Fsp3) is 0.429. The quantitative estimate of drug-likeness (QED) is 0.702. The summed E-state index contributed by atoms with van der Waals surface area (Å²) < 4.78 is 0. The first-order valence-electron chi connectivity index (χ1n) is 9.15. The Kier molecular flexibility index (Phi) is 6.82. The Bertz CT molecular complexity index is 720. The van der Waals surface area contributed by atoms with E-state index in [-0.39, 0.29) is 5.75 Å². The molecule has 2 aromatic rings. The molecule has 1 heterocycles. The highest BCUT2D eigenvalue weighted by molar-refractivity contribution is 6.31. The minimum absolute atomic E-state index is 0.204. The lowest BCUT2D eigenvalue weighted by molar-refractivity contribution is 0.211. The van der Waals surface area contributed by atoms with Crippen molar-refractivity contribution in [2.75, 3.05) is 20.1 Å². The van der Waals surface area contributed by atoms with Crippen molar-refractivity contribution in [1.29, 1.82) is 0 Å². The van der Waals surface area contributed by atoms with Gasteiger partial charge >= 0.3 is 0 Å². The van der Waals surface area contributed by atoms with Crippen LogP contribution in [0.1, 0.15) is 30.4 Å². The van der Waals surface area contributed by atoms with Gasteiger partial charge in [0.25, 0.3) is 0 Å². The molecule has 0 aromatic heterocycles. The van der Waals surface area contributed by atoms with Gasteiger partial charge < -0.3 is 10.0 Å². The van der Waals surface area contributed by atoms with Crippen LogP contribution in [0.25, 0.3) is 0 Å². The van der Waals surface area contributed by atoms with Crippen LogP contribution >= 0.6 is 23.2 Å². The molecule has 1 fully saturated rings. The van der Waals surface area contributed by atoms with Crippen LogP contribution in [-0.4, -0.2) is 41.1 Å². The van der Waals surface area contributed by atoms with E-state index in [0.717, 1.165) is 36.6 Å². The van der Waals surface area contributed by atoms with Gasteiger partial charge in [0, 0.05) is 35.7 Å². The zero-order chi connectivity index (χ0) is 18.5. The maximum Gasteiger partial charge on any atom is 0.117 e. The average Bonchev–Trinajstić information content (AvgIpc) is 3.02. The van der Waals surface area contributed by atoms with Crippen LogP contribution in [0.3, 0.4) is 0 Å². The topological polar surface area (TPSA) is 26.7 Å². The lowest BCUT2D eigenvalue weighted by atomic mass is 10.1. The number of hydrogen-bond acceptors (Lipinski definition) is 3. The van der Waals surface area contributed by atoms with Crippen LogP contribution in [0.2, 0.25) is 10.0 Å². The molecule has 2 aromatic carbocycles. The summed E-state index contributed by atoms with van der Waals surface area (Å²) in [6.07, 6.45) is 3.73. The van der Waals surface area contributed by atoms with Gasteiger partial charge in [-0.2, -0.15) is 0 Å². The molecule has 1 aliphatic rings. The Morgan fingerprint density at radius 2 is 1.88 bits per heavy atom. The van der Waals surface area contributed by atoms with E-state index < -0.39 is 0 Å². The fourth-order valence-electron chi connectivity index (χ4n) is 3.64. The predicted octanol–water partition coefficient (Wildman–Crippen LogP) is 5.19. The molecule has 0 amide bonds. The van der Waals surface area contributed by atoms with Crippen molar-refractivity contribution >= 4 is 23.2 Å². The first-order valence-corrected chi connectivity index (χ1v) is 9.91. The van der Waals surface area contributed by atoms with Crippen molar-refractivity contribution in [2.45, 2.75) is 38.4 Å². The molecular weight excluding hydrogens is 367 g/mol. The molecule has 0 spiro atoms. The lowest BCUT2D eigenvalue weighted by Gasteiger charge is -2.27. The third-order valence-corrected chi connectivity index (χ3v) is 5.80. The van der Waals surface area contributed by atoms with Crippen LogP contribution in [-0.2, 0) is 13.1 Å². The highest BCUT2D eigenvalue weighted by atomic mass is 35.5. The summed E-state index contributed by atoms with van der Waals surface area (Å²) in [4.78, 5) is 4.89. The molecule has 1 N–H and O–H groups in total. The summed E-state index contributed by atoms with van der Waals surface area (Å²) in [5.74, 6) is 0.204. The Morgan fingerprint density at radius 1 is 1.12 bits per heavy atom. The lowest BCUT2D eigenvalue weighted by Crippen LogP contribution is -2.31. The monoisotopic (exact) mass is 392 g/mol. The van der Waals surface area contributed by atoms with Gasteiger partial charge in [-0.25, -0.2) is 0 Å². The van der Waals surface area contributed by atoms with Crippen LogP contribution in [0.4, 0.5) is 0 Å². The number of benzene rings is 2. The SMILES string of the molecule is CN1CCC[C@H]1CCN(Cc1ccc(Cl)cc1)Cc1ccc(O)cc1Cl. The molecule has 140 valence electrons. The van der Waals surface area contributed by atoms with Gasteiger partial charge in [-0.05, 0) is 68.2 Å². The predicted molar refractivity (Wildman–Crippen MR) is 109 cm³/mol. The molecule has 0 unspecified atom stereocenters. The number of aromatic hydroxyl groups is 1. The van der Waals surface area contributed by atoms with Gasteiger partial charge in [-0.3, -0.25) is 4.90 Å². The maximum atomic E-state index is 9.59. The van der Waals surface area contributed by atoms with E-state index in [2.05, 4.69) is 29.0 Å². The van der Waals surface area contributed by atoms with Gasteiger partial charge in [0.05, 0.1) is 0 Å². The van der Waals surface area contributed by atoms with Crippen LogP contribution in [0.15, 0.2) is 42.5 Å². The first-order chi connectivity index (χ1) is 12.5. The molecule has 1 aliphatic heterocycles. The van der Waals surface area contributed by atoms with E-state index in [1.54, 1.807) is 12.1 Å². The fourth-order valence-corrected chi connectivity index (χ4v) is 4.00. The largest absolute Gasteiger partial charge is 0.508 e. The Labute approximate surface area is 166 Å². The Balaban J connectivity index is 1.70. The van der Waals surface area contributed by atoms with Gasteiger partial charge in [0.1, 0.15) is 5.75 Å². The minimum atomic E-state index is 0.204. The number of rotatable bonds is 7. The number of likely N-dealkylation sites (tertiary alicyclic amines) is 1. The summed E-state index contributed by atoms with van der Waals surface area (Å²) in [6.45, 7) is 3.82. The number of phenols is 1. The second kappa shape index (κ2) is 9.09. The van der Waals surface area contributed by atoms with Crippen molar-refractivity contribution in [3.05, 3.63) is 63.6 Å². The molecule has 0 saturated carbocycles. The zero-order valence-corrected chi connectivity index (χ0v) is 16.7. The van der Waals surface area contributed by atoms with Gasteiger partial charge in [-0.15, -0.1) is 0 Å². The molecule has 0 aliphatic carbocycles. The number of halogens is 2. The van der Waals surface area contributed by atoms with E-state index in [0.29, 0.717) is 11.1 Å². The molecule has 3 nitrogen and oxygen atoms in total. The second-order valence-corrected chi connectivity index (χ2v) is 8.02. The Morgan fingerprint density at radius 3 is 2.54 bits per heavy atom. The number of phenolic OH excluding ortho intramolecular Hbond substituents is 1. The maximum absolute atomic E-state index is 9.59. The first kappa shape index (κ1) is 19.5. The molecule has 26 heavy (non-hydrogen) atoms. The summed E-state index contributed by atoms with van der Waals surface area (Å²) in [5.41, 5.74) is 2.28. The van der Waals surface area contributed by atoms with E-state index in [4.69, 9.17) is 23.2 Å². The molecular formula is C21H26Cl2N2O. The molecule has 0 bridgehead atoms. The van der Waals surface area contributed by atoms with E-state index in [9.17, 15) is 5.11 Å². The summed E-state index contributed by atoms with van der Waals surface area (Å²) in [7, 11) is 2.22. The van der Waals surface area contributed by atoms with Crippen LogP contribution in [0.5, 0.6) is 5.75 Å². The smallest absolute Gasteiger partial charge is 0.117 e. The van der Waals surface area contributed by atoms with Gasteiger partial charge in [0.15, 0.2) is 0 Å².